The molecule has 23 heavy (non-hydrogen) atoms. The van der Waals surface area contributed by atoms with Gasteiger partial charge in [-0.15, -0.1) is 0 Å². The molecular weight excluding hydrogens is 339 g/mol. The van der Waals surface area contributed by atoms with E-state index in [9.17, 15) is 9.59 Å². The maximum absolute atomic E-state index is 12.1. The zero-order chi connectivity index (χ0) is 17.0. The van der Waals surface area contributed by atoms with Gasteiger partial charge in [-0.05, 0) is 31.5 Å². The zero-order valence-electron chi connectivity index (χ0n) is 12.5. The number of carboxylic acid groups (broad SMARTS) is 1. The van der Waals surface area contributed by atoms with E-state index in [1.54, 1.807) is 25.1 Å². The summed E-state index contributed by atoms with van der Waals surface area (Å²) in [6, 6.07) is 4.72. The van der Waals surface area contributed by atoms with Crippen molar-refractivity contribution in [3.63, 3.8) is 0 Å². The molecule has 1 saturated heterocycles. The first-order chi connectivity index (χ1) is 10.9. The summed E-state index contributed by atoms with van der Waals surface area (Å²) in [6.45, 7) is 2.39. The molecule has 1 fully saturated rings. The molecule has 0 aliphatic carbocycles. The van der Waals surface area contributed by atoms with E-state index in [0.29, 0.717) is 28.6 Å². The second kappa shape index (κ2) is 7.58. The fraction of sp³-hybridized carbons (Fsp3) is 0.375. The van der Waals surface area contributed by atoms with E-state index in [1.165, 1.54) is 4.90 Å². The van der Waals surface area contributed by atoms with Crippen molar-refractivity contribution in [3.8, 4) is 11.8 Å². The predicted octanol–water partition coefficient (Wildman–Crippen LogP) is 2.85. The summed E-state index contributed by atoms with van der Waals surface area (Å²) in [5, 5.41) is 12.6. The highest BCUT2D eigenvalue weighted by Crippen LogP contribution is 2.22. The topological polar surface area (TPSA) is 69.6 Å². The highest BCUT2D eigenvalue weighted by atomic mass is 35.5. The van der Waals surface area contributed by atoms with Gasteiger partial charge in [-0.2, -0.15) is 0 Å². The molecule has 122 valence electrons. The molecule has 0 saturated carbocycles. The molecule has 1 aromatic rings. The molecular formula is C16H16Cl2N2O3. The summed E-state index contributed by atoms with van der Waals surface area (Å²) < 4.78 is 0. The van der Waals surface area contributed by atoms with Gasteiger partial charge in [-0.3, -0.25) is 4.79 Å². The van der Waals surface area contributed by atoms with Crippen molar-refractivity contribution >= 4 is 35.2 Å². The van der Waals surface area contributed by atoms with Gasteiger partial charge in [0.25, 0.3) is 0 Å². The third-order valence-corrected chi connectivity index (χ3v) is 4.28. The molecule has 2 rings (SSSR count). The predicted molar refractivity (Wildman–Crippen MR) is 88.6 cm³/mol. The summed E-state index contributed by atoms with van der Waals surface area (Å²) in [4.78, 5) is 24.2. The molecule has 0 aromatic heterocycles. The van der Waals surface area contributed by atoms with Crippen LogP contribution >= 0.6 is 23.2 Å². The van der Waals surface area contributed by atoms with E-state index in [2.05, 4.69) is 17.2 Å². The van der Waals surface area contributed by atoms with Crippen molar-refractivity contribution in [1.29, 1.82) is 0 Å². The molecule has 5 nitrogen and oxygen atoms in total. The molecule has 1 unspecified atom stereocenters. The van der Waals surface area contributed by atoms with Crippen LogP contribution in [0.5, 0.6) is 0 Å². The number of amides is 2. The first kappa shape index (κ1) is 17.5. The molecule has 2 amide bonds. The van der Waals surface area contributed by atoms with Crippen molar-refractivity contribution in [2.45, 2.75) is 19.4 Å². The van der Waals surface area contributed by atoms with Crippen LogP contribution in [-0.4, -0.2) is 41.1 Å². The van der Waals surface area contributed by atoms with Crippen LogP contribution in [0.3, 0.4) is 0 Å². The Hall–Kier alpha value is -1.90. The van der Waals surface area contributed by atoms with Gasteiger partial charge in [0.2, 0.25) is 5.91 Å². The molecule has 1 aliphatic rings. The van der Waals surface area contributed by atoms with E-state index in [1.807, 2.05) is 0 Å². The average Bonchev–Trinajstić information content (AvgIpc) is 2.98. The smallest absolute Gasteiger partial charge is 0.407 e. The maximum Gasteiger partial charge on any atom is 0.407 e. The lowest BCUT2D eigenvalue weighted by molar-refractivity contribution is -0.124. The van der Waals surface area contributed by atoms with Crippen LogP contribution in [0.1, 0.15) is 18.9 Å². The maximum atomic E-state index is 12.1. The van der Waals surface area contributed by atoms with E-state index < -0.39 is 6.09 Å². The standard InChI is InChI=1S/C16H16Cl2N2O3/c1-10(2-3-11-4-5-13(17)14(18)8-11)19-15(21)12-6-7-20(9-12)16(22)23/h4-5,8,10,12H,6-7,9H2,1H3,(H,19,21)(H,22,23)/t10-,12?/m0/s1. The highest BCUT2D eigenvalue weighted by molar-refractivity contribution is 6.42. The Labute approximate surface area is 144 Å². The lowest BCUT2D eigenvalue weighted by Crippen LogP contribution is -2.38. The van der Waals surface area contributed by atoms with Crippen LogP contribution in [-0.2, 0) is 4.79 Å². The Morgan fingerprint density at radius 3 is 2.74 bits per heavy atom. The first-order valence-electron chi connectivity index (χ1n) is 7.11. The van der Waals surface area contributed by atoms with Crippen LogP contribution in [0.25, 0.3) is 0 Å². The molecule has 1 aromatic carbocycles. The SMILES string of the molecule is C[C@@H](C#Cc1ccc(Cl)c(Cl)c1)NC(=O)C1CCN(C(=O)O)C1. The number of likely N-dealkylation sites (tertiary alicyclic amines) is 1. The summed E-state index contributed by atoms with van der Waals surface area (Å²) in [7, 11) is 0. The Morgan fingerprint density at radius 2 is 2.13 bits per heavy atom. The first-order valence-corrected chi connectivity index (χ1v) is 7.87. The van der Waals surface area contributed by atoms with Crippen LogP contribution in [0.15, 0.2) is 18.2 Å². The average molecular weight is 355 g/mol. The number of carbonyl (C=O) groups excluding carboxylic acids is 1. The number of nitrogens with one attached hydrogen (secondary N) is 1. The van der Waals surface area contributed by atoms with Gasteiger partial charge in [0.1, 0.15) is 0 Å². The summed E-state index contributed by atoms with van der Waals surface area (Å²) >= 11 is 11.8. The summed E-state index contributed by atoms with van der Waals surface area (Å²) in [6.07, 6.45) is -0.460. The van der Waals surface area contributed by atoms with Crippen LogP contribution < -0.4 is 5.32 Å². The monoisotopic (exact) mass is 354 g/mol. The third-order valence-electron chi connectivity index (χ3n) is 3.54. The minimum absolute atomic E-state index is 0.176. The van der Waals surface area contributed by atoms with E-state index in [4.69, 9.17) is 28.3 Å². The molecule has 1 heterocycles. The Kier molecular flexibility index (Phi) is 5.75. The van der Waals surface area contributed by atoms with Gasteiger partial charge in [0, 0.05) is 18.7 Å². The van der Waals surface area contributed by atoms with Crippen molar-refractivity contribution in [3.05, 3.63) is 33.8 Å². The van der Waals surface area contributed by atoms with Crippen molar-refractivity contribution in [2.75, 3.05) is 13.1 Å². The van der Waals surface area contributed by atoms with Crippen molar-refractivity contribution in [2.24, 2.45) is 5.92 Å². The van der Waals surface area contributed by atoms with Crippen molar-refractivity contribution in [1.82, 2.24) is 10.2 Å². The molecule has 1 aliphatic heterocycles. The Morgan fingerprint density at radius 1 is 1.39 bits per heavy atom. The number of hydrogen-bond donors (Lipinski definition) is 2. The third kappa shape index (κ3) is 4.78. The number of halogens is 2. The van der Waals surface area contributed by atoms with E-state index in [-0.39, 0.29) is 24.4 Å². The zero-order valence-corrected chi connectivity index (χ0v) is 14.0. The van der Waals surface area contributed by atoms with Crippen LogP contribution in [0.2, 0.25) is 10.0 Å². The largest absolute Gasteiger partial charge is 0.465 e. The minimum Gasteiger partial charge on any atom is -0.465 e. The molecule has 0 spiro atoms. The minimum atomic E-state index is -0.993. The van der Waals surface area contributed by atoms with Gasteiger partial charge in [0.05, 0.1) is 22.0 Å². The van der Waals surface area contributed by atoms with E-state index in [0.717, 1.165) is 0 Å². The molecule has 2 N–H and O–H groups in total. The van der Waals surface area contributed by atoms with E-state index >= 15 is 0 Å². The second-order valence-corrected chi connectivity index (χ2v) is 6.16. The number of nitrogens with zero attached hydrogens (tertiary/aromatic N) is 1. The van der Waals surface area contributed by atoms with Crippen LogP contribution in [0.4, 0.5) is 4.79 Å². The Bertz CT molecular complexity index is 682. The van der Waals surface area contributed by atoms with Gasteiger partial charge in [-0.25, -0.2) is 4.79 Å². The number of rotatable bonds is 2. The fourth-order valence-electron chi connectivity index (χ4n) is 2.28. The van der Waals surface area contributed by atoms with Gasteiger partial charge < -0.3 is 15.3 Å². The Balaban J connectivity index is 1.91. The molecule has 0 radical (unpaired) electrons. The van der Waals surface area contributed by atoms with Gasteiger partial charge in [0.15, 0.2) is 0 Å². The van der Waals surface area contributed by atoms with Gasteiger partial charge >= 0.3 is 6.09 Å². The summed E-state index contributed by atoms with van der Waals surface area (Å²) in [5.74, 6) is 5.35. The quantitative estimate of drug-likeness (QED) is 0.802. The van der Waals surface area contributed by atoms with Crippen LogP contribution in [0, 0.1) is 17.8 Å². The normalized spacial score (nSPS) is 18.0. The van der Waals surface area contributed by atoms with Gasteiger partial charge in [-0.1, -0.05) is 35.0 Å². The lowest BCUT2D eigenvalue weighted by atomic mass is 10.1. The number of hydrogen-bond acceptors (Lipinski definition) is 2. The second-order valence-electron chi connectivity index (χ2n) is 5.34. The summed E-state index contributed by atoms with van der Waals surface area (Å²) in [5.41, 5.74) is 0.707. The fourth-order valence-corrected chi connectivity index (χ4v) is 2.58. The molecule has 7 heteroatoms. The molecule has 2 atom stereocenters. The number of carbonyl (C=O) groups is 2. The van der Waals surface area contributed by atoms with Crippen molar-refractivity contribution < 1.29 is 14.7 Å². The highest BCUT2D eigenvalue weighted by Gasteiger charge is 2.31. The molecule has 0 bridgehead atoms. The number of benzene rings is 1. The lowest BCUT2D eigenvalue weighted by Gasteiger charge is -2.14.